The number of aliphatic hydroxyl groups is 1. The van der Waals surface area contributed by atoms with E-state index in [1.807, 2.05) is 48.5 Å². The molecule has 4 atom stereocenters. The van der Waals surface area contributed by atoms with E-state index in [0.717, 1.165) is 74.4 Å². The van der Waals surface area contributed by atoms with Gasteiger partial charge in [-0.3, -0.25) is 19.4 Å². The van der Waals surface area contributed by atoms with Crippen LogP contribution in [0.5, 0.6) is 5.75 Å². The fourth-order valence-corrected chi connectivity index (χ4v) is 9.12. The highest BCUT2D eigenvalue weighted by atomic mass is 16.5. The molecule has 2 amide bonds. The number of hydrogen-bond acceptors (Lipinski definition) is 6. The number of carbonyl (C=O) groups is 2. The molecule has 10 rings (SSSR count). The lowest BCUT2D eigenvalue weighted by molar-refractivity contribution is -0.0262. The number of ether oxygens (including phenoxy) is 2. The van der Waals surface area contributed by atoms with E-state index in [9.17, 15) is 14.7 Å². The van der Waals surface area contributed by atoms with Crippen molar-refractivity contribution >= 4 is 55.4 Å². The summed E-state index contributed by atoms with van der Waals surface area (Å²) in [5, 5.41) is 15.8. The number of aromatic nitrogens is 2. The zero-order valence-electron chi connectivity index (χ0n) is 25.3. The Kier molecular flexibility index (Phi) is 5.43. The third-order valence-electron chi connectivity index (χ3n) is 11.0. The third kappa shape index (κ3) is 3.24. The Hall–Kier alpha value is -4.70. The van der Waals surface area contributed by atoms with Gasteiger partial charge in [0.15, 0.2) is 0 Å². The number of hydrogen-bond donors (Lipinski definition) is 1. The van der Waals surface area contributed by atoms with Gasteiger partial charge in [0.1, 0.15) is 5.75 Å². The number of benzene rings is 4. The average molecular weight is 613 g/mol. The van der Waals surface area contributed by atoms with Crippen molar-refractivity contribution in [1.29, 1.82) is 0 Å². The summed E-state index contributed by atoms with van der Waals surface area (Å²) in [6, 6.07) is 23.6. The van der Waals surface area contributed by atoms with Crippen LogP contribution in [0.15, 0.2) is 72.8 Å². The highest BCUT2D eigenvalue weighted by Gasteiger charge is 2.52. The Balaban J connectivity index is 1.31. The smallest absolute Gasteiger partial charge is 0.262 e. The van der Waals surface area contributed by atoms with Crippen molar-refractivity contribution in [1.82, 2.24) is 18.9 Å². The number of nitrogens with zero attached hydrogens (tertiary/aromatic N) is 4. The summed E-state index contributed by atoms with van der Waals surface area (Å²) in [5.74, 6) is 0.173. The normalized spacial score (nSPS) is 24.3. The summed E-state index contributed by atoms with van der Waals surface area (Å²) in [7, 11) is 1.62. The topological polar surface area (TPSA) is 89.2 Å². The number of rotatable bonds is 4. The van der Waals surface area contributed by atoms with Crippen LogP contribution in [0, 0.1) is 0 Å². The molecule has 1 N–H and O–H groups in total. The van der Waals surface area contributed by atoms with Crippen LogP contribution in [-0.4, -0.2) is 81.4 Å². The second-order valence-electron chi connectivity index (χ2n) is 13.0. The van der Waals surface area contributed by atoms with Gasteiger partial charge >= 0.3 is 0 Å². The first-order valence-electron chi connectivity index (χ1n) is 16.1. The Morgan fingerprint density at radius 3 is 1.93 bits per heavy atom. The number of carbonyl (C=O) groups excluding carboxylic acids is 2. The quantitative estimate of drug-likeness (QED) is 0.273. The lowest BCUT2D eigenvalue weighted by atomic mass is 9.96. The molecule has 0 radical (unpaired) electrons. The molecule has 1 aliphatic carbocycles. The summed E-state index contributed by atoms with van der Waals surface area (Å²) in [6.07, 6.45) is 0.124. The van der Waals surface area contributed by atoms with Crippen molar-refractivity contribution in [2.45, 2.75) is 37.2 Å². The van der Waals surface area contributed by atoms with Gasteiger partial charge in [-0.25, -0.2) is 0 Å². The highest BCUT2D eigenvalue weighted by molar-refractivity contribution is 6.39. The molecule has 2 bridgehead atoms. The van der Waals surface area contributed by atoms with E-state index in [-0.39, 0.29) is 36.5 Å². The lowest BCUT2D eigenvalue weighted by Crippen LogP contribution is -2.51. The maximum absolute atomic E-state index is 14.6. The summed E-state index contributed by atoms with van der Waals surface area (Å²) < 4.78 is 15.7. The standard InChI is InChI=1S/C37H32N4O5/c1-45-21-12-10-20(11-13-21)19-39-36(43)30-28-22-6-2-4-8-24(22)40-26-18-27(35(42)32(26)38-14-16-46-17-15-38)41-25-9-5-3-7-23(25)29(31(30)37(39)44)34(41)33(28)40/h2-13,26-27,32,35,42H,14-19H2,1H3/t26-,27+,32-,35-/m0/s1. The average Bonchev–Trinajstić information content (AvgIpc) is 3.75. The molecule has 3 aliphatic heterocycles. The largest absolute Gasteiger partial charge is 0.497 e. The maximum Gasteiger partial charge on any atom is 0.262 e. The van der Waals surface area contributed by atoms with Gasteiger partial charge in [0.2, 0.25) is 0 Å². The molecule has 1 saturated carbocycles. The maximum atomic E-state index is 14.6. The summed E-state index contributed by atoms with van der Waals surface area (Å²) in [4.78, 5) is 33.0. The molecule has 9 nitrogen and oxygen atoms in total. The lowest BCUT2D eigenvalue weighted by Gasteiger charge is -2.39. The van der Waals surface area contributed by atoms with Crippen molar-refractivity contribution in [3.8, 4) is 5.75 Å². The second-order valence-corrected chi connectivity index (χ2v) is 13.0. The number of aliphatic hydroxyl groups excluding tert-OH is 1. The minimum atomic E-state index is -0.622. The van der Waals surface area contributed by atoms with E-state index in [1.54, 1.807) is 7.11 Å². The van der Waals surface area contributed by atoms with E-state index in [2.05, 4.69) is 38.3 Å². The van der Waals surface area contributed by atoms with Crippen molar-refractivity contribution in [3.63, 3.8) is 0 Å². The van der Waals surface area contributed by atoms with E-state index in [1.165, 1.54) is 4.90 Å². The van der Waals surface area contributed by atoms with Crippen LogP contribution in [0.1, 0.15) is 44.8 Å². The van der Waals surface area contributed by atoms with Crippen LogP contribution >= 0.6 is 0 Å². The number of fused-ring (bicyclic) bond motifs is 13. The molecule has 230 valence electrons. The molecule has 5 heterocycles. The Labute approximate surface area is 264 Å². The Morgan fingerprint density at radius 2 is 1.35 bits per heavy atom. The van der Waals surface area contributed by atoms with Crippen molar-refractivity contribution in [2.75, 3.05) is 33.4 Å². The molecule has 9 heteroatoms. The summed E-state index contributed by atoms with van der Waals surface area (Å²) >= 11 is 0. The summed E-state index contributed by atoms with van der Waals surface area (Å²) in [6.45, 7) is 2.98. The fraction of sp³-hybridized carbons (Fsp3) is 0.297. The Morgan fingerprint density at radius 1 is 0.783 bits per heavy atom. The van der Waals surface area contributed by atoms with E-state index >= 15 is 0 Å². The molecule has 1 saturated heterocycles. The van der Waals surface area contributed by atoms with Gasteiger partial charge in [0.25, 0.3) is 11.8 Å². The number of para-hydroxylation sites is 2. The van der Waals surface area contributed by atoms with Gasteiger partial charge in [-0.2, -0.15) is 0 Å². The van der Waals surface area contributed by atoms with Gasteiger partial charge < -0.3 is 23.7 Å². The molecule has 2 aromatic heterocycles. The number of imide groups is 1. The van der Waals surface area contributed by atoms with E-state index in [4.69, 9.17) is 9.47 Å². The highest BCUT2D eigenvalue weighted by Crippen LogP contribution is 2.55. The molecule has 4 aliphatic rings. The minimum Gasteiger partial charge on any atom is -0.497 e. The van der Waals surface area contributed by atoms with Crippen molar-refractivity contribution in [3.05, 3.63) is 89.5 Å². The SMILES string of the molecule is COc1ccc(CN2C(=O)c3c(c4c5ccccc5n5c4c4c3c3ccccc3n4[C@@H]3C[C@H]5[C@H](N4CCOCC4)[C@H]3O)C2=O)cc1. The number of amides is 2. The first-order chi connectivity index (χ1) is 22.6. The summed E-state index contributed by atoms with van der Waals surface area (Å²) in [5.41, 5.74) is 5.72. The molecular formula is C37H32N4O5. The Bertz CT molecular complexity index is 2280. The molecule has 6 aromatic rings. The van der Waals surface area contributed by atoms with E-state index < -0.39 is 6.10 Å². The zero-order chi connectivity index (χ0) is 30.8. The predicted octanol–water partition coefficient (Wildman–Crippen LogP) is 5.27. The van der Waals surface area contributed by atoms with Crippen LogP contribution in [0.2, 0.25) is 0 Å². The van der Waals surface area contributed by atoms with Gasteiger partial charge in [-0.1, -0.05) is 48.5 Å². The zero-order valence-corrected chi connectivity index (χ0v) is 25.3. The minimum absolute atomic E-state index is 0.0250. The first kappa shape index (κ1) is 26.5. The molecule has 0 unspecified atom stereocenters. The monoisotopic (exact) mass is 612 g/mol. The van der Waals surface area contributed by atoms with Gasteiger partial charge in [0, 0.05) is 45.7 Å². The van der Waals surface area contributed by atoms with Gasteiger partial charge in [-0.05, 0) is 36.2 Å². The van der Waals surface area contributed by atoms with Crippen LogP contribution in [0.3, 0.4) is 0 Å². The molecular weight excluding hydrogens is 580 g/mol. The molecule has 46 heavy (non-hydrogen) atoms. The van der Waals surface area contributed by atoms with Crippen LogP contribution in [-0.2, 0) is 11.3 Å². The number of morpholine rings is 1. The van der Waals surface area contributed by atoms with Crippen LogP contribution < -0.4 is 4.74 Å². The van der Waals surface area contributed by atoms with Crippen LogP contribution in [0.4, 0.5) is 0 Å². The van der Waals surface area contributed by atoms with Gasteiger partial charge in [-0.15, -0.1) is 0 Å². The molecule has 4 aromatic carbocycles. The fourth-order valence-electron chi connectivity index (χ4n) is 9.12. The second kappa shape index (κ2) is 9.42. The van der Waals surface area contributed by atoms with Crippen LogP contribution in [0.25, 0.3) is 43.6 Å². The van der Waals surface area contributed by atoms with Crippen molar-refractivity contribution in [2.24, 2.45) is 0 Å². The predicted molar refractivity (Wildman–Crippen MR) is 175 cm³/mol. The number of methoxy groups -OCH3 is 1. The third-order valence-corrected chi connectivity index (χ3v) is 11.0. The first-order valence-corrected chi connectivity index (χ1v) is 16.1. The molecule has 2 fully saturated rings. The van der Waals surface area contributed by atoms with Crippen molar-refractivity contribution < 1.29 is 24.2 Å². The van der Waals surface area contributed by atoms with Gasteiger partial charge in [0.05, 0.1) is 73.3 Å². The van der Waals surface area contributed by atoms with E-state index in [0.29, 0.717) is 24.3 Å². The molecule has 0 spiro atoms.